The molecule has 1 aromatic carbocycles. The Morgan fingerprint density at radius 1 is 1.35 bits per heavy atom. The number of ether oxygens (including phenoxy) is 1. The summed E-state index contributed by atoms with van der Waals surface area (Å²) in [7, 11) is 0. The number of anilines is 2. The summed E-state index contributed by atoms with van der Waals surface area (Å²) in [5, 5.41) is 11.4. The second-order valence-electron chi connectivity index (χ2n) is 4.95. The lowest BCUT2D eigenvalue weighted by molar-refractivity contribution is 0.0526. The monoisotopic (exact) mass is 374 g/mol. The highest BCUT2D eigenvalue weighted by molar-refractivity contribution is 7.98. The number of rotatable bonds is 6. The number of carbonyl (C=O) groups excluding carboxylic acids is 1. The molecule has 1 N–H and O–H groups in total. The molecule has 0 bridgehead atoms. The zero-order valence-corrected chi connectivity index (χ0v) is 14.8. The third kappa shape index (κ3) is 3.80. The van der Waals surface area contributed by atoms with E-state index in [2.05, 4.69) is 25.5 Å². The molecular formula is C16H15FN6O2S. The highest BCUT2D eigenvalue weighted by Gasteiger charge is 2.17. The maximum Gasteiger partial charge on any atom is 0.343 e. The summed E-state index contributed by atoms with van der Waals surface area (Å²) < 4.78 is 19.1. The molecule has 10 heteroatoms. The number of thioether (sulfide) groups is 1. The Morgan fingerprint density at radius 3 is 2.81 bits per heavy atom. The molecule has 3 aromatic rings. The van der Waals surface area contributed by atoms with Crippen molar-refractivity contribution in [2.45, 2.75) is 12.1 Å². The number of benzene rings is 1. The molecule has 0 aliphatic rings. The molecule has 0 unspecified atom stereocenters. The highest BCUT2D eigenvalue weighted by Crippen LogP contribution is 2.24. The molecule has 0 aliphatic heterocycles. The Morgan fingerprint density at radius 2 is 2.12 bits per heavy atom. The average Bonchev–Trinajstić information content (AvgIpc) is 3.18. The molecule has 0 spiro atoms. The number of halogens is 1. The molecule has 8 nitrogen and oxygen atoms in total. The van der Waals surface area contributed by atoms with Crippen LogP contribution < -0.4 is 5.32 Å². The minimum atomic E-state index is -0.543. The Labute approximate surface area is 152 Å². The number of nitrogens with one attached hydrogen (secondary N) is 1. The van der Waals surface area contributed by atoms with E-state index in [4.69, 9.17) is 4.74 Å². The third-order valence-electron chi connectivity index (χ3n) is 3.29. The summed E-state index contributed by atoms with van der Waals surface area (Å²) in [4.78, 5) is 21.7. The topological polar surface area (TPSA) is 94.8 Å². The SMILES string of the molecule is CCOC(=O)c1cnc(SC)nc1Nc1ccc(F)c(-n2nccn2)c1. The zero-order chi connectivity index (χ0) is 18.5. The van der Waals surface area contributed by atoms with Gasteiger partial charge in [-0.3, -0.25) is 0 Å². The van der Waals surface area contributed by atoms with Crippen LogP contribution >= 0.6 is 11.8 Å². The maximum atomic E-state index is 14.1. The minimum Gasteiger partial charge on any atom is -0.462 e. The molecule has 0 atom stereocenters. The second-order valence-corrected chi connectivity index (χ2v) is 5.72. The van der Waals surface area contributed by atoms with Gasteiger partial charge in [-0.25, -0.2) is 19.2 Å². The fourth-order valence-electron chi connectivity index (χ4n) is 2.14. The van der Waals surface area contributed by atoms with Gasteiger partial charge in [0.05, 0.1) is 19.0 Å². The van der Waals surface area contributed by atoms with Gasteiger partial charge in [-0.15, -0.1) is 4.80 Å². The van der Waals surface area contributed by atoms with Crippen molar-refractivity contribution in [3.8, 4) is 5.69 Å². The van der Waals surface area contributed by atoms with Gasteiger partial charge in [0.25, 0.3) is 0 Å². The van der Waals surface area contributed by atoms with Gasteiger partial charge in [-0.1, -0.05) is 11.8 Å². The van der Waals surface area contributed by atoms with Crippen molar-refractivity contribution in [3.63, 3.8) is 0 Å². The van der Waals surface area contributed by atoms with Crippen molar-refractivity contribution >= 4 is 29.2 Å². The van der Waals surface area contributed by atoms with Crippen LogP contribution in [0, 0.1) is 5.82 Å². The molecule has 134 valence electrons. The Balaban J connectivity index is 1.98. The van der Waals surface area contributed by atoms with Crippen molar-refractivity contribution in [2.24, 2.45) is 0 Å². The number of carbonyl (C=O) groups is 1. The largest absolute Gasteiger partial charge is 0.462 e. The van der Waals surface area contributed by atoms with Gasteiger partial charge in [0.1, 0.15) is 17.1 Å². The fraction of sp³-hybridized carbons (Fsp3) is 0.188. The van der Waals surface area contributed by atoms with Crippen molar-refractivity contribution < 1.29 is 13.9 Å². The second kappa shape index (κ2) is 7.91. The first-order chi connectivity index (χ1) is 12.6. The molecule has 0 aliphatic carbocycles. The Bertz CT molecular complexity index is 919. The molecule has 3 rings (SSSR count). The molecule has 2 aromatic heterocycles. The van der Waals surface area contributed by atoms with Crippen LogP contribution in [0.25, 0.3) is 5.69 Å². The lowest BCUT2D eigenvalue weighted by atomic mass is 10.2. The van der Waals surface area contributed by atoms with Gasteiger partial charge in [-0.2, -0.15) is 10.2 Å². The number of esters is 1. The molecule has 0 amide bonds. The molecule has 0 radical (unpaired) electrons. The lowest BCUT2D eigenvalue weighted by Gasteiger charge is -2.12. The van der Waals surface area contributed by atoms with E-state index in [0.717, 1.165) is 0 Å². The summed E-state index contributed by atoms with van der Waals surface area (Å²) in [6, 6.07) is 4.32. The molecular weight excluding hydrogens is 359 g/mol. The van der Waals surface area contributed by atoms with E-state index in [9.17, 15) is 9.18 Å². The summed E-state index contributed by atoms with van der Waals surface area (Å²) in [6.45, 7) is 1.94. The van der Waals surface area contributed by atoms with E-state index in [1.807, 2.05) is 6.26 Å². The van der Waals surface area contributed by atoms with Gasteiger partial charge >= 0.3 is 5.97 Å². The Kier molecular flexibility index (Phi) is 5.42. The first-order valence-electron chi connectivity index (χ1n) is 7.63. The summed E-state index contributed by atoms with van der Waals surface area (Å²) >= 11 is 1.33. The van der Waals surface area contributed by atoms with Crippen LogP contribution in [0.1, 0.15) is 17.3 Å². The molecule has 0 saturated carbocycles. The number of aromatic nitrogens is 5. The quantitative estimate of drug-likeness (QED) is 0.400. The van der Waals surface area contributed by atoms with E-state index in [0.29, 0.717) is 10.8 Å². The first kappa shape index (κ1) is 17.8. The van der Waals surface area contributed by atoms with Crippen LogP contribution in [0.15, 0.2) is 41.9 Å². The molecule has 2 heterocycles. The van der Waals surface area contributed by atoms with Crippen molar-refractivity contribution in [2.75, 3.05) is 18.2 Å². The van der Waals surface area contributed by atoms with E-state index < -0.39 is 11.8 Å². The van der Waals surface area contributed by atoms with Crippen LogP contribution in [0.3, 0.4) is 0 Å². The van der Waals surface area contributed by atoms with E-state index in [-0.39, 0.29) is 23.7 Å². The predicted molar refractivity (Wildman–Crippen MR) is 94.4 cm³/mol. The van der Waals surface area contributed by atoms with E-state index in [1.54, 1.807) is 6.92 Å². The van der Waals surface area contributed by atoms with Gasteiger partial charge in [0, 0.05) is 11.9 Å². The summed E-state index contributed by atoms with van der Waals surface area (Å²) in [5.74, 6) is -0.752. The lowest BCUT2D eigenvalue weighted by Crippen LogP contribution is -2.11. The summed E-state index contributed by atoms with van der Waals surface area (Å²) in [5.41, 5.74) is 0.861. The van der Waals surface area contributed by atoms with Crippen LogP contribution in [-0.4, -0.2) is 43.8 Å². The Hall–Kier alpha value is -3.01. The standard InChI is InChI=1S/C16H15FN6O2S/c1-3-25-15(24)11-9-18-16(26-2)22-14(11)21-10-4-5-12(17)13(8-10)23-19-6-7-20-23/h4-9H,3H2,1-2H3,(H,18,21,22). The zero-order valence-electron chi connectivity index (χ0n) is 14.0. The molecule has 26 heavy (non-hydrogen) atoms. The average molecular weight is 374 g/mol. The van der Waals surface area contributed by atoms with Crippen LogP contribution in [0.4, 0.5) is 15.9 Å². The number of hydrogen-bond donors (Lipinski definition) is 1. The number of nitrogens with zero attached hydrogens (tertiary/aromatic N) is 5. The van der Waals surface area contributed by atoms with E-state index in [1.165, 1.54) is 53.3 Å². The third-order valence-corrected chi connectivity index (χ3v) is 3.85. The van der Waals surface area contributed by atoms with Gasteiger partial charge < -0.3 is 10.1 Å². The molecule has 0 fully saturated rings. The van der Waals surface area contributed by atoms with Gasteiger partial charge in [0.15, 0.2) is 11.0 Å². The maximum absolute atomic E-state index is 14.1. The van der Waals surface area contributed by atoms with Crippen LogP contribution in [-0.2, 0) is 4.74 Å². The van der Waals surface area contributed by atoms with Crippen LogP contribution in [0.5, 0.6) is 0 Å². The number of hydrogen-bond acceptors (Lipinski definition) is 8. The van der Waals surface area contributed by atoms with E-state index >= 15 is 0 Å². The smallest absolute Gasteiger partial charge is 0.343 e. The first-order valence-corrected chi connectivity index (χ1v) is 8.86. The normalized spacial score (nSPS) is 10.6. The van der Waals surface area contributed by atoms with Crippen molar-refractivity contribution in [1.29, 1.82) is 0 Å². The summed E-state index contributed by atoms with van der Waals surface area (Å²) in [6.07, 6.45) is 6.13. The van der Waals surface area contributed by atoms with Crippen LogP contribution in [0.2, 0.25) is 0 Å². The predicted octanol–water partition coefficient (Wildman–Crippen LogP) is 2.84. The van der Waals surface area contributed by atoms with Crippen molar-refractivity contribution in [3.05, 3.63) is 48.2 Å². The minimum absolute atomic E-state index is 0.164. The van der Waals surface area contributed by atoms with Crippen molar-refractivity contribution in [1.82, 2.24) is 25.0 Å². The molecule has 0 saturated heterocycles. The highest BCUT2D eigenvalue weighted by atomic mass is 32.2. The fourth-order valence-corrected chi connectivity index (χ4v) is 2.48. The van der Waals surface area contributed by atoms with Gasteiger partial charge in [-0.05, 0) is 31.4 Å². The van der Waals surface area contributed by atoms with Gasteiger partial charge in [0.2, 0.25) is 0 Å².